The third kappa shape index (κ3) is 9.46. The number of rotatable bonds is 12. The van der Waals surface area contributed by atoms with E-state index in [1.165, 1.54) is 70.6 Å². The van der Waals surface area contributed by atoms with Crippen molar-refractivity contribution in [2.45, 2.75) is 103 Å². The molecule has 2 heteroatoms. The van der Waals surface area contributed by atoms with Crippen molar-refractivity contribution in [2.75, 3.05) is 0 Å². The lowest BCUT2D eigenvalue weighted by atomic mass is 9.78. The number of halogens is 1. The molecule has 0 fully saturated rings. The molecule has 0 heterocycles. The zero-order valence-electron chi connectivity index (χ0n) is 13.8. The Balaban J connectivity index is 0. The topological polar surface area (TPSA) is 0 Å². The summed E-state index contributed by atoms with van der Waals surface area (Å²) in [6.45, 7) is 9.33. The molecule has 0 bridgehead atoms. The highest BCUT2D eigenvalue weighted by Gasteiger charge is 2.31. The van der Waals surface area contributed by atoms with Crippen molar-refractivity contribution in [1.82, 2.24) is 0 Å². The highest BCUT2D eigenvalue weighted by molar-refractivity contribution is 8.93. The molecule has 0 rings (SSSR count). The Hall–Kier alpha value is 0.910. The molecule has 19 heavy (non-hydrogen) atoms. The van der Waals surface area contributed by atoms with Gasteiger partial charge in [0.1, 0.15) is 0 Å². The van der Waals surface area contributed by atoms with Gasteiger partial charge in [-0.25, -0.2) is 0 Å². The van der Waals surface area contributed by atoms with Crippen molar-refractivity contribution >= 4 is 26.2 Å². The first-order valence-electron chi connectivity index (χ1n) is 8.43. The van der Waals surface area contributed by atoms with Gasteiger partial charge >= 0.3 is 0 Å². The van der Waals surface area contributed by atoms with Crippen LogP contribution in [0.1, 0.15) is 98.3 Å². The largest absolute Gasteiger partial charge is 0.131 e. The minimum Gasteiger partial charge on any atom is -0.131 e. The molecule has 2 atom stereocenters. The molecule has 0 aliphatic rings. The molecule has 118 valence electrons. The third-order valence-corrected chi connectivity index (χ3v) is 5.40. The fourth-order valence-electron chi connectivity index (χ4n) is 3.06. The van der Waals surface area contributed by atoms with E-state index in [1.54, 1.807) is 0 Å². The maximum Gasteiger partial charge on any atom is -0.0122 e. The van der Waals surface area contributed by atoms with E-state index in [0.29, 0.717) is 5.16 Å². The van der Waals surface area contributed by atoms with Crippen LogP contribution in [0.4, 0.5) is 0 Å². The first kappa shape index (κ1) is 22.2. The number of hydrogen-bond donors (Lipinski definition) is 0. The van der Waals surface area contributed by atoms with E-state index in [2.05, 4.69) is 36.9 Å². The first-order valence-corrected chi connectivity index (χ1v) is 9.01. The number of unbranched alkanes of at least 4 members (excludes halogenated alkanes) is 3. The average Bonchev–Trinajstić information content (AvgIpc) is 2.38. The van der Waals surface area contributed by atoms with Crippen LogP contribution in [0, 0.1) is 5.92 Å². The molecule has 0 aromatic heterocycles. The van der Waals surface area contributed by atoms with Gasteiger partial charge in [-0.2, -0.15) is 0 Å². The third-order valence-electron chi connectivity index (χ3n) is 4.35. The van der Waals surface area contributed by atoms with Gasteiger partial charge in [0.05, 0.1) is 0 Å². The van der Waals surface area contributed by atoms with Gasteiger partial charge in [0, 0.05) is 0 Å². The Morgan fingerprint density at radius 1 is 0.737 bits per heavy atom. The second kappa shape index (κ2) is 13.9. The maximum atomic E-state index is 3.30. The van der Waals surface area contributed by atoms with Crippen molar-refractivity contribution in [2.24, 2.45) is 5.92 Å². The SMILES string of the molecule is Br.CCCCC(CCC)C(P)(CCCC)CCCC. The molecule has 0 aromatic rings. The summed E-state index contributed by atoms with van der Waals surface area (Å²) in [6, 6.07) is 0. The fourth-order valence-corrected chi connectivity index (χ4v) is 3.80. The Morgan fingerprint density at radius 2 is 1.21 bits per heavy atom. The normalized spacial score (nSPS) is 13.1. The van der Waals surface area contributed by atoms with Crippen molar-refractivity contribution in [3.05, 3.63) is 0 Å². The van der Waals surface area contributed by atoms with E-state index in [4.69, 9.17) is 0 Å². The van der Waals surface area contributed by atoms with Crippen LogP contribution in [-0.4, -0.2) is 5.16 Å². The van der Waals surface area contributed by atoms with Crippen molar-refractivity contribution < 1.29 is 0 Å². The van der Waals surface area contributed by atoms with Crippen molar-refractivity contribution in [3.63, 3.8) is 0 Å². The van der Waals surface area contributed by atoms with Gasteiger partial charge in [0.15, 0.2) is 0 Å². The summed E-state index contributed by atoms with van der Waals surface area (Å²) in [5, 5.41) is 0.539. The quantitative estimate of drug-likeness (QED) is 0.326. The van der Waals surface area contributed by atoms with E-state index in [0.717, 1.165) is 5.92 Å². The van der Waals surface area contributed by atoms with Gasteiger partial charge in [-0.1, -0.05) is 72.6 Å². The average molecular weight is 353 g/mol. The van der Waals surface area contributed by atoms with Crippen LogP contribution in [0.5, 0.6) is 0 Å². The Bertz CT molecular complexity index is 174. The molecule has 0 N–H and O–H groups in total. The van der Waals surface area contributed by atoms with Crippen LogP contribution in [0.2, 0.25) is 0 Å². The maximum absolute atomic E-state index is 3.30. The van der Waals surface area contributed by atoms with Crippen LogP contribution in [-0.2, 0) is 0 Å². The summed E-state index contributed by atoms with van der Waals surface area (Å²) in [7, 11) is 3.30. The van der Waals surface area contributed by atoms with E-state index < -0.39 is 0 Å². The Kier molecular flexibility index (Phi) is 16.2. The molecule has 0 amide bonds. The molecule has 0 radical (unpaired) electrons. The van der Waals surface area contributed by atoms with Gasteiger partial charge in [-0.05, 0) is 36.8 Å². The number of hydrogen-bond acceptors (Lipinski definition) is 0. The molecule has 0 aliphatic carbocycles. The first-order chi connectivity index (χ1) is 8.64. The fraction of sp³-hybridized carbons (Fsp3) is 1.00. The molecule has 0 nitrogen and oxygen atoms in total. The second-order valence-corrected chi connectivity index (χ2v) is 7.22. The molecule has 0 spiro atoms. The predicted molar refractivity (Wildman–Crippen MR) is 99.7 cm³/mol. The van der Waals surface area contributed by atoms with Gasteiger partial charge in [-0.3, -0.25) is 0 Å². The molecular weight excluding hydrogens is 315 g/mol. The van der Waals surface area contributed by atoms with E-state index >= 15 is 0 Å². The molecule has 2 unspecified atom stereocenters. The Labute approximate surface area is 135 Å². The smallest absolute Gasteiger partial charge is 0.0122 e. The van der Waals surface area contributed by atoms with Crippen LogP contribution in [0.25, 0.3) is 0 Å². The molecule has 0 aromatic carbocycles. The standard InChI is InChI=1S/C17H37P.BrH/c1-5-9-13-16(12-8-4)17(18,14-10-6-2)15-11-7-3;/h16H,5-15,18H2,1-4H3;1H. The highest BCUT2D eigenvalue weighted by atomic mass is 79.9. The minimum absolute atomic E-state index is 0. The van der Waals surface area contributed by atoms with Gasteiger partial charge in [-0.15, -0.1) is 26.2 Å². The summed E-state index contributed by atoms with van der Waals surface area (Å²) in [5.74, 6) is 0.936. The zero-order chi connectivity index (χ0) is 13.9. The van der Waals surface area contributed by atoms with E-state index in [-0.39, 0.29) is 17.0 Å². The molecular formula is C17H38BrP. The molecule has 0 saturated heterocycles. The van der Waals surface area contributed by atoms with E-state index in [9.17, 15) is 0 Å². The summed E-state index contributed by atoms with van der Waals surface area (Å²) in [6.07, 6.45) is 15.3. The van der Waals surface area contributed by atoms with Gasteiger partial charge in [0.25, 0.3) is 0 Å². The monoisotopic (exact) mass is 352 g/mol. The molecule has 0 saturated carbocycles. The lowest BCUT2D eigenvalue weighted by molar-refractivity contribution is 0.280. The van der Waals surface area contributed by atoms with Crippen molar-refractivity contribution in [1.29, 1.82) is 0 Å². The van der Waals surface area contributed by atoms with Crippen LogP contribution >= 0.6 is 26.2 Å². The molecule has 0 aliphatic heterocycles. The summed E-state index contributed by atoms with van der Waals surface area (Å²) in [4.78, 5) is 0. The zero-order valence-corrected chi connectivity index (χ0v) is 16.7. The van der Waals surface area contributed by atoms with Crippen molar-refractivity contribution in [3.8, 4) is 0 Å². The van der Waals surface area contributed by atoms with Gasteiger partial charge < -0.3 is 0 Å². The van der Waals surface area contributed by atoms with Gasteiger partial charge in [0.2, 0.25) is 0 Å². The summed E-state index contributed by atoms with van der Waals surface area (Å²) < 4.78 is 0. The summed E-state index contributed by atoms with van der Waals surface area (Å²) in [5.41, 5.74) is 0. The summed E-state index contributed by atoms with van der Waals surface area (Å²) >= 11 is 0. The van der Waals surface area contributed by atoms with Crippen LogP contribution in [0.3, 0.4) is 0 Å². The lowest BCUT2D eigenvalue weighted by Gasteiger charge is -2.38. The minimum atomic E-state index is 0. The van der Waals surface area contributed by atoms with E-state index in [1.807, 2.05) is 0 Å². The Morgan fingerprint density at radius 3 is 1.58 bits per heavy atom. The predicted octanol–water partition coefficient (Wildman–Crippen LogP) is 7.17. The highest BCUT2D eigenvalue weighted by Crippen LogP contribution is 2.43. The lowest BCUT2D eigenvalue weighted by Crippen LogP contribution is -2.31. The second-order valence-electron chi connectivity index (χ2n) is 6.07. The van der Waals surface area contributed by atoms with Crippen LogP contribution in [0.15, 0.2) is 0 Å². The van der Waals surface area contributed by atoms with Crippen LogP contribution < -0.4 is 0 Å².